The Balaban J connectivity index is 0.00000408. The topological polar surface area (TPSA) is 142 Å². The second kappa shape index (κ2) is 13.5. The summed E-state index contributed by atoms with van der Waals surface area (Å²) in [4.78, 5) is 34.0. The van der Waals surface area contributed by atoms with Crippen LogP contribution in [0.2, 0.25) is 5.02 Å². The zero-order valence-corrected chi connectivity index (χ0v) is 20.0. The van der Waals surface area contributed by atoms with Crippen molar-refractivity contribution in [1.29, 1.82) is 5.26 Å². The van der Waals surface area contributed by atoms with E-state index in [1.54, 1.807) is 17.0 Å². The van der Waals surface area contributed by atoms with E-state index >= 15 is 0 Å². The Morgan fingerprint density at radius 1 is 1.24 bits per heavy atom. The zero-order chi connectivity index (χ0) is 23.6. The molecule has 0 atom stereocenters. The zero-order valence-electron chi connectivity index (χ0n) is 18.5. The van der Waals surface area contributed by atoms with Gasteiger partial charge in [-0.05, 0) is 30.7 Å². The molecule has 11 nitrogen and oxygen atoms in total. The number of benzene rings is 1. The van der Waals surface area contributed by atoms with E-state index in [-0.39, 0.29) is 36.4 Å². The first-order chi connectivity index (χ1) is 16.0. The molecular weight excluding hydrogens is 485 g/mol. The minimum atomic E-state index is -0.570. The van der Waals surface area contributed by atoms with E-state index in [1.807, 2.05) is 6.07 Å². The van der Waals surface area contributed by atoms with Crippen LogP contribution in [0.1, 0.15) is 11.3 Å². The van der Waals surface area contributed by atoms with Crippen molar-refractivity contribution in [2.45, 2.75) is 6.42 Å². The van der Waals surface area contributed by atoms with Gasteiger partial charge in [0.05, 0.1) is 44.9 Å². The van der Waals surface area contributed by atoms with Crippen molar-refractivity contribution in [1.82, 2.24) is 20.2 Å². The average molecular weight is 510 g/mol. The molecule has 1 aromatic carbocycles. The fourth-order valence-electron chi connectivity index (χ4n) is 3.12. The molecule has 3 rings (SSSR count). The molecule has 0 bridgehead atoms. The van der Waals surface area contributed by atoms with E-state index in [0.717, 1.165) is 5.56 Å². The quantitative estimate of drug-likeness (QED) is 0.459. The van der Waals surface area contributed by atoms with Crippen molar-refractivity contribution >= 4 is 47.5 Å². The number of carbonyl (C=O) groups is 2. The molecule has 3 amide bonds. The summed E-state index contributed by atoms with van der Waals surface area (Å²) >= 11 is 6.40. The second-order valence-corrected chi connectivity index (χ2v) is 7.45. The van der Waals surface area contributed by atoms with Gasteiger partial charge < -0.3 is 25.0 Å². The van der Waals surface area contributed by atoms with Crippen LogP contribution in [0.25, 0.3) is 0 Å². The van der Waals surface area contributed by atoms with Crippen LogP contribution in [0.4, 0.5) is 16.3 Å². The highest BCUT2D eigenvalue weighted by molar-refractivity contribution is 6.31. The highest BCUT2D eigenvalue weighted by Gasteiger charge is 2.16. The van der Waals surface area contributed by atoms with Gasteiger partial charge in [0, 0.05) is 18.1 Å². The maximum absolute atomic E-state index is 12.3. The summed E-state index contributed by atoms with van der Waals surface area (Å²) in [6.07, 6.45) is 3.10. The van der Waals surface area contributed by atoms with Gasteiger partial charge in [0.15, 0.2) is 11.5 Å². The molecule has 0 saturated carbocycles. The number of urea groups is 1. The van der Waals surface area contributed by atoms with Crippen LogP contribution in [0.3, 0.4) is 0 Å². The first-order valence-electron chi connectivity index (χ1n) is 10.2. The molecule has 2 aromatic rings. The van der Waals surface area contributed by atoms with Crippen molar-refractivity contribution in [3.63, 3.8) is 0 Å². The highest BCUT2D eigenvalue weighted by Crippen LogP contribution is 2.31. The average Bonchev–Trinajstić information content (AvgIpc) is 2.83. The molecule has 1 aromatic heterocycles. The summed E-state index contributed by atoms with van der Waals surface area (Å²) in [5, 5.41) is 17.5. The fraction of sp³-hybridized carbons (Fsp3) is 0.381. The molecule has 1 fully saturated rings. The third-order valence-corrected chi connectivity index (χ3v) is 5.19. The Morgan fingerprint density at radius 2 is 2.00 bits per heavy atom. The number of aromatic nitrogens is 2. The van der Waals surface area contributed by atoms with Crippen molar-refractivity contribution in [2.24, 2.45) is 0 Å². The number of halogens is 2. The molecule has 1 aliphatic heterocycles. The fourth-order valence-corrected chi connectivity index (χ4v) is 3.37. The number of carbonyl (C=O) groups excluding carboxylic acids is 2. The van der Waals surface area contributed by atoms with Gasteiger partial charge in [-0.1, -0.05) is 11.6 Å². The van der Waals surface area contributed by atoms with Crippen LogP contribution in [-0.2, 0) is 16.0 Å². The largest absolute Gasteiger partial charge is 0.495 e. The van der Waals surface area contributed by atoms with Crippen LogP contribution in [0, 0.1) is 11.3 Å². The monoisotopic (exact) mass is 509 g/mol. The second-order valence-electron chi connectivity index (χ2n) is 7.04. The molecule has 2 heterocycles. The van der Waals surface area contributed by atoms with E-state index in [2.05, 4.69) is 25.9 Å². The molecule has 3 N–H and O–H groups in total. The van der Waals surface area contributed by atoms with Crippen molar-refractivity contribution in [3.8, 4) is 11.8 Å². The number of rotatable bonds is 8. The lowest BCUT2D eigenvalue weighted by molar-refractivity contribution is -0.134. The maximum Gasteiger partial charge on any atom is 0.325 e. The maximum atomic E-state index is 12.3. The van der Waals surface area contributed by atoms with Crippen LogP contribution in [0.15, 0.2) is 24.5 Å². The Bertz CT molecular complexity index is 1030. The van der Waals surface area contributed by atoms with E-state index in [0.29, 0.717) is 55.7 Å². The number of nitrogens with one attached hydrogen (secondary N) is 3. The van der Waals surface area contributed by atoms with Gasteiger partial charge in [0.25, 0.3) is 0 Å². The highest BCUT2D eigenvalue weighted by atomic mass is 35.5. The SMILES string of the molecule is COc1cc(CCNCC(=O)N2CCOCC2)c(Cl)cc1NC(=O)Nc1cnc(C#N)cn1.Cl. The van der Waals surface area contributed by atoms with Crippen LogP contribution < -0.4 is 20.7 Å². The smallest absolute Gasteiger partial charge is 0.325 e. The number of hydrogen-bond acceptors (Lipinski definition) is 8. The first-order valence-corrected chi connectivity index (χ1v) is 10.6. The number of methoxy groups -OCH3 is 1. The van der Waals surface area contributed by atoms with Crippen molar-refractivity contribution < 1.29 is 19.1 Å². The van der Waals surface area contributed by atoms with Gasteiger partial charge in [0.2, 0.25) is 5.91 Å². The number of anilines is 2. The predicted octanol–water partition coefficient (Wildman–Crippen LogP) is 2.07. The predicted molar refractivity (Wildman–Crippen MR) is 129 cm³/mol. The van der Waals surface area contributed by atoms with Gasteiger partial charge >= 0.3 is 6.03 Å². The third-order valence-electron chi connectivity index (χ3n) is 4.84. The number of ether oxygens (including phenoxy) is 2. The number of nitriles is 1. The number of hydrogen-bond donors (Lipinski definition) is 3. The number of nitrogens with zero attached hydrogens (tertiary/aromatic N) is 4. The molecule has 0 unspecified atom stereocenters. The lowest BCUT2D eigenvalue weighted by Crippen LogP contribution is -2.44. The Morgan fingerprint density at radius 3 is 2.65 bits per heavy atom. The molecule has 34 heavy (non-hydrogen) atoms. The molecule has 13 heteroatoms. The summed E-state index contributed by atoms with van der Waals surface area (Å²) in [5.41, 5.74) is 1.33. The summed E-state index contributed by atoms with van der Waals surface area (Å²) in [6, 6.07) is 4.62. The van der Waals surface area contributed by atoms with E-state index in [4.69, 9.17) is 26.3 Å². The molecule has 1 saturated heterocycles. The van der Waals surface area contributed by atoms with Gasteiger partial charge in [-0.15, -0.1) is 12.4 Å². The lowest BCUT2D eigenvalue weighted by atomic mass is 10.1. The Hall–Kier alpha value is -3.17. The normalized spacial score (nSPS) is 12.8. The molecule has 0 aliphatic carbocycles. The molecule has 0 radical (unpaired) electrons. The minimum absolute atomic E-state index is 0. The molecular formula is C21H25Cl2N7O4. The third kappa shape index (κ3) is 7.71. The van der Waals surface area contributed by atoms with E-state index < -0.39 is 6.03 Å². The van der Waals surface area contributed by atoms with Crippen LogP contribution in [0.5, 0.6) is 5.75 Å². The van der Waals surface area contributed by atoms with E-state index in [1.165, 1.54) is 19.5 Å². The van der Waals surface area contributed by atoms with E-state index in [9.17, 15) is 9.59 Å². The Kier molecular flexibility index (Phi) is 10.8. The van der Waals surface area contributed by atoms with Crippen molar-refractivity contribution in [3.05, 3.63) is 40.8 Å². The van der Waals surface area contributed by atoms with Gasteiger partial charge in [-0.2, -0.15) is 5.26 Å². The summed E-state index contributed by atoms with van der Waals surface area (Å²) in [7, 11) is 1.49. The summed E-state index contributed by atoms with van der Waals surface area (Å²) < 4.78 is 10.6. The minimum Gasteiger partial charge on any atom is -0.495 e. The van der Waals surface area contributed by atoms with Gasteiger partial charge in [-0.25, -0.2) is 14.8 Å². The standard InChI is InChI=1S/C21H24ClN7O4.ClH/c1-32-18-8-14(2-3-24-13-20(30)29-4-6-33-7-5-29)16(22)9-17(18)27-21(31)28-19-12-25-15(10-23)11-26-19;/h8-9,11-12,24H,2-7,13H2,1H3,(H2,26,27,28,31);1H. The van der Waals surface area contributed by atoms with Crippen LogP contribution >= 0.6 is 24.0 Å². The first kappa shape index (κ1) is 27.1. The van der Waals surface area contributed by atoms with Crippen molar-refractivity contribution in [2.75, 3.05) is 57.1 Å². The molecule has 1 aliphatic rings. The number of morpholine rings is 1. The lowest BCUT2D eigenvalue weighted by Gasteiger charge is -2.26. The number of amides is 3. The van der Waals surface area contributed by atoms with Gasteiger partial charge in [0.1, 0.15) is 11.8 Å². The van der Waals surface area contributed by atoms with Gasteiger partial charge in [-0.3, -0.25) is 10.1 Å². The van der Waals surface area contributed by atoms with Crippen LogP contribution in [-0.4, -0.2) is 73.3 Å². The summed E-state index contributed by atoms with van der Waals surface area (Å²) in [5.74, 6) is 0.658. The summed E-state index contributed by atoms with van der Waals surface area (Å²) in [6.45, 7) is 3.16. The Labute approximate surface area is 208 Å². The molecule has 182 valence electrons. The molecule has 0 spiro atoms.